The van der Waals surface area contributed by atoms with E-state index < -0.39 is 8.25 Å². The maximum Gasteiger partial charge on any atom is 1.00 e. The fourth-order valence-corrected chi connectivity index (χ4v) is 0. The van der Waals surface area contributed by atoms with Crippen LogP contribution in [0.25, 0.3) is 0 Å². The van der Waals surface area contributed by atoms with Crippen molar-refractivity contribution in [2.45, 2.75) is 0 Å². The van der Waals surface area contributed by atoms with Crippen molar-refractivity contribution in [3.63, 3.8) is 0 Å². The van der Waals surface area contributed by atoms with Crippen LogP contribution in [0.1, 0.15) is 4.28 Å². The van der Waals surface area contributed by atoms with E-state index in [1.807, 2.05) is 0 Å². The summed E-state index contributed by atoms with van der Waals surface area (Å²) in [5.74, 6) is 0. The molecule has 3 nitrogen and oxygen atoms in total. The Balaban J connectivity index is -0.00000000300. The molecule has 0 aromatic carbocycles. The molecule has 30 valence electrons. The van der Waals surface area contributed by atoms with Crippen LogP contribution in [0.15, 0.2) is 0 Å². The molecular weight excluding hydrogens is 196 g/mol. The molecule has 0 saturated carbocycles. The molecule has 2 N–H and O–H groups in total. The molecule has 0 spiro atoms. The summed E-state index contributed by atoms with van der Waals surface area (Å²) >= 11 is 0. The number of hydrogen-bond donors (Lipinski definition) is 2. The van der Waals surface area contributed by atoms with Gasteiger partial charge in [-0.05, 0) is 0 Å². The van der Waals surface area contributed by atoms with Crippen molar-refractivity contribution in [3.05, 3.63) is 0 Å². The molecule has 0 saturated heterocycles. The first-order valence-corrected chi connectivity index (χ1v) is 1.75. The van der Waals surface area contributed by atoms with E-state index in [0.29, 0.717) is 0 Å². The van der Waals surface area contributed by atoms with Gasteiger partial charge in [-0.2, -0.15) is 0 Å². The molecule has 7 heavy (non-hydrogen) atoms. The minimum Gasteiger partial charge on any atom is -1.00 e. The molecule has 0 heterocycles. The predicted octanol–water partition coefficient (Wildman–Crippen LogP) is -9.02. The molecule has 0 aliphatic carbocycles. The number of rotatable bonds is 0. The van der Waals surface area contributed by atoms with Gasteiger partial charge >= 0.3 is 162 Å². The normalized spacial score (nSPS) is 3.71. The molecule has 0 aliphatic rings. The van der Waals surface area contributed by atoms with Crippen LogP contribution in [-0.2, 0) is 4.57 Å². The predicted molar refractivity (Wildman–Crippen MR) is 15.4 cm³/mol. The van der Waals surface area contributed by atoms with Gasteiger partial charge in [0.25, 0.3) is 0 Å². The van der Waals surface area contributed by atoms with Crippen molar-refractivity contribution in [1.29, 1.82) is 0 Å². The van der Waals surface area contributed by atoms with Gasteiger partial charge in [0.05, 0.1) is 0 Å². The summed E-state index contributed by atoms with van der Waals surface area (Å²) in [5.41, 5.74) is 0. The van der Waals surface area contributed by atoms with E-state index >= 15 is 0 Å². The van der Waals surface area contributed by atoms with Crippen LogP contribution in [0.2, 0.25) is 0 Å². The van der Waals surface area contributed by atoms with Crippen LogP contribution in [0.3, 0.4) is 0 Å². The van der Waals surface area contributed by atoms with Crippen molar-refractivity contribution in [3.8, 4) is 0 Å². The average molecular weight is 201 g/mol. The third kappa shape index (κ3) is 35.9. The SMILES string of the molecule is O=[P+](O)O.[H-].[H-].[H-].[K+].[K+].[K+]. The standard InChI is InChI=1S/3K.HO3P.3H/c;;;1-4(2)3;;;/h;;;(H-,1,2,3);;;/q3*+1;;3*-1/p+1. The van der Waals surface area contributed by atoms with Crippen LogP contribution in [0, 0.1) is 0 Å². The van der Waals surface area contributed by atoms with Gasteiger partial charge in [0.1, 0.15) is 0 Å². The van der Waals surface area contributed by atoms with Crippen molar-refractivity contribution in [2.24, 2.45) is 0 Å². The van der Waals surface area contributed by atoms with Gasteiger partial charge in [0, 0.05) is 4.57 Å². The fraction of sp³-hybridized carbons (Fsp3) is 0. The first-order valence-electron chi connectivity index (χ1n) is 0.583. The van der Waals surface area contributed by atoms with Gasteiger partial charge < -0.3 is 4.28 Å². The Labute approximate surface area is 175 Å². The largest absolute Gasteiger partial charge is 1.00 e. The molecular formula is H5K3O3P+. The van der Waals surface area contributed by atoms with E-state index in [9.17, 15) is 0 Å². The molecule has 0 aliphatic heterocycles. The van der Waals surface area contributed by atoms with Crippen molar-refractivity contribution >= 4 is 8.25 Å². The monoisotopic (exact) mass is 201 g/mol. The van der Waals surface area contributed by atoms with E-state index in [4.69, 9.17) is 14.4 Å². The van der Waals surface area contributed by atoms with Crippen LogP contribution < -0.4 is 154 Å². The van der Waals surface area contributed by atoms with E-state index in [-0.39, 0.29) is 158 Å². The zero-order valence-electron chi connectivity index (χ0n) is 7.75. The summed E-state index contributed by atoms with van der Waals surface area (Å²) in [6.07, 6.45) is 0. The maximum atomic E-state index is 8.70. The average Bonchev–Trinajstić information content (AvgIpc) is 0.811. The van der Waals surface area contributed by atoms with Crippen LogP contribution in [0.5, 0.6) is 0 Å². The molecule has 0 rings (SSSR count). The second-order valence-corrected chi connectivity index (χ2v) is 0.758. The van der Waals surface area contributed by atoms with E-state index in [1.165, 1.54) is 0 Å². The van der Waals surface area contributed by atoms with Crippen LogP contribution in [-0.4, -0.2) is 9.79 Å². The molecule has 7 heteroatoms. The summed E-state index contributed by atoms with van der Waals surface area (Å²) in [5, 5.41) is 0. The molecule has 0 radical (unpaired) electrons. The third-order valence-corrected chi connectivity index (χ3v) is 0. The van der Waals surface area contributed by atoms with Crippen LogP contribution in [0.4, 0.5) is 0 Å². The first kappa shape index (κ1) is 22.7. The Morgan fingerprint density at radius 2 is 1.14 bits per heavy atom. The van der Waals surface area contributed by atoms with Gasteiger partial charge in [-0.25, -0.2) is 0 Å². The van der Waals surface area contributed by atoms with E-state index in [1.54, 1.807) is 0 Å². The zero-order valence-corrected chi connectivity index (χ0v) is 15.0. The summed E-state index contributed by atoms with van der Waals surface area (Å²) in [6, 6.07) is 0. The van der Waals surface area contributed by atoms with Gasteiger partial charge in [-0.1, -0.05) is 0 Å². The Hall–Kier alpha value is 4.93. The van der Waals surface area contributed by atoms with Gasteiger partial charge in [0.15, 0.2) is 0 Å². The summed E-state index contributed by atoms with van der Waals surface area (Å²) in [6.45, 7) is 0. The molecule has 0 atom stereocenters. The zero-order chi connectivity index (χ0) is 3.58. The van der Waals surface area contributed by atoms with Gasteiger partial charge in [0.2, 0.25) is 0 Å². The van der Waals surface area contributed by atoms with Crippen molar-refractivity contribution in [2.75, 3.05) is 0 Å². The smallest absolute Gasteiger partial charge is 1.00 e. The third-order valence-electron chi connectivity index (χ3n) is 0. The quantitative estimate of drug-likeness (QED) is 0.302. The summed E-state index contributed by atoms with van der Waals surface area (Å²) in [4.78, 5) is 14.2. The minimum atomic E-state index is -2.87. The molecule has 0 amide bonds. The van der Waals surface area contributed by atoms with Crippen molar-refractivity contribution < 1.29 is 173 Å². The van der Waals surface area contributed by atoms with Gasteiger partial charge in [-0.15, -0.1) is 9.79 Å². The minimum absolute atomic E-state index is 0. The van der Waals surface area contributed by atoms with E-state index in [2.05, 4.69) is 0 Å². The maximum absolute atomic E-state index is 8.70. The van der Waals surface area contributed by atoms with Gasteiger partial charge in [-0.3, -0.25) is 0 Å². The second kappa shape index (κ2) is 17.1. The summed E-state index contributed by atoms with van der Waals surface area (Å²) < 4.78 is 8.70. The Bertz CT molecular complexity index is 42.0. The Morgan fingerprint density at radius 3 is 1.14 bits per heavy atom. The molecule has 0 aromatic heterocycles. The summed E-state index contributed by atoms with van der Waals surface area (Å²) in [7, 11) is -2.87. The first-order chi connectivity index (χ1) is 1.73. The number of hydrogen-bond acceptors (Lipinski definition) is 1. The molecule has 0 unspecified atom stereocenters. The van der Waals surface area contributed by atoms with Crippen molar-refractivity contribution in [1.82, 2.24) is 0 Å². The Morgan fingerprint density at radius 1 is 1.14 bits per heavy atom. The fourth-order valence-electron chi connectivity index (χ4n) is 0. The topological polar surface area (TPSA) is 57.5 Å². The Kier molecular flexibility index (Phi) is 55.5. The van der Waals surface area contributed by atoms with Crippen LogP contribution >= 0.6 is 8.25 Å². The molecule has 0 fully saturated rings. The molecule has 0 bridgehead atoms. The molecule has 0 aromatic rings. The van der Waals surface area contributed by atoms with E-state index in [0.717, 1.165) is 0 Å². The second-order valence-electron chi connectivity index (χ2n) is 0.253.